The first-order chi connectivity index (χ1) is 34.4. The summed E-state index contributed by atoms with van der Waals surface area (Å²) in [6.45, 7) is 4.93. The Morgan fingerprint density at radius 3 is 1.13 bits per heavy atom. The molecular weight excluding hydrogens is 890 g/mol. The summed E-state index contributed by atoms with van der Waals surface area (Å²) in [6.07, 6.45) is 74.2. The molecule has 0 fully saturated rings. The first-order valence-electron chi connectivity index (χ1n) is 29.8. The molecule has 9 heteroatoms. The van der Waals surface area contributed by atoms with Gasteiger partial charge in [-0.15, -0.1) is 0 Å². The number of hydrogen-bond acceptors (Lipinski definition) is 7. The van der Waals surface area contributed by atoms with Gasteiger partial charge in [-0.2, -0.15) is 0 Å². The summed E-state index contributed by atoms with van der Waals surface area (Å²) in [6, 6.07) is 0. The van der Waals surface area contributed by atoms with Crippen molar-refractivity contribution in [3.05, 3.63) is 60.8 Å². The summed E-state index contributed by atoms with van der Waals surface area (Å²) >= 11 is 0. The minimum Gasteiger partial charge on any atom is -0.457 e. The maximum atomic E-state index is 12.7. The first-order valence-corrected chi connectivity index (χ1v) is 31.3. The molecule has 0 aromatic carbocycles. The van der Waals surface area contributed by atoms with Crippen LogP contribution in [0.5, 0.6) is 0 Å². The van der Waals surface area contributed by atoms with E-state index in [1.807, 2.05) is 0 Å². The summed E-state index contributed by atoms with van der Waals surface area (Å²) < 4.78 is 33.7. The number of nitrogens with two attached hydrogens (primary N) is 1. The largest absolute Gasteiger partial charge is 0.472 e. The van der Waals surface area contributed by atoms with Crippen molar-refractivity contribution in [1.29, 1.82) is 0 Å². The van der Waals surface area contributed by atoms with Gasteiger partial charge < -0.3 is 20.1 Å². The fourth-order valence-corrected chi connectivity index (χ4v) is 9.27. The number of allylic oxidation sites excluding steroid dienone is 10. The monoisotopic (exact) mass is 1000 g/mol. The van der Waals surface area contributed by atoms with Crippen molar-refractivity contribution in [3.8, 4) is 0 Å². The Kier molecular flexibility index (Phi) is 56.6. The van der Waals surface area contributed by atoms with Gasteiger partial charge in [0.15, 0.2) is 0 Å². The lowest BCUT2D eigenvalue weighted by molar-refractivity contribution is -0.154. The molecule has 0 aliphatic heterocycles. The summed E-state index contributed by atoms with van der Waals surface area (Å²) in [4.78, 5) is 22.7. The van der Waals surface area contributed by atoms with E-state index in [1.54, 1.807) is 0 Å². The maximum absolute atomic E-state index is 12.7. The number of carbonyl (C=O) groups is 1. The van der Waals surface area contributed by atoms with Crippen LogP contribution in [0.2, 0.25) is 0 Å². The lowest BCUT2D eigenvalue weighted by Gasteiger charge is -2.20. The molecule has 3 N–H and O–H groups in total. The molecule has 0 saturated carbocycles. The van der Waals surface area contributed by atoms with E-state index in [-0.39, 0.29) is 32.3 Å². The standard InChI is InChI=1S/C61H114NO7P/c1-3-5-7-9-11-13-15-17-19-21-23-25-27-29-31-33-35-37-39-41-43-45-47-49-51-53-56-66-58-60(59-68-70(64,65)67-57-55-62)69-61(63)54-52-50-48-46-44-42-40-38-36-34-32-30-28-26-24-22-20-18-16-14-12-10-8-6-4-2/h15-18,21-24,27,29,60H,3-14,19-20,25-26,28,30-59,62H2,1-2H3,(H,64,65)/b17-15-,18-16-,23-21-,24-22-,29-27-. The minimum atomic E-state index is -4.29. The van der Waals surface area contributed by atoms with Gasteiger partial charge in [0.2, 0.25) is 0 Å². The molecule has 0 aromatic heterocycles. The van der Waals surface area contributed by atoms with Crippen LogP contribution in [0.25, 0.3) is 0 Å². The third-order valence-electron chi connectivity index (χ3n) is 12.9. The molecule has 0 radical (unpaired) electrons. The van der Waals surface area contributed by atoms with E-state index in [0.717, 1.165) is 51.4 Å². The third-order valence-corrected chi connectivity index (χ3v) is 13.9. The summed E-state index contributed by atoms with van der Waals surface area (Å²) in [7, 11) is -4.29. The molecule has 2 unspecified atom stereocenters. The highest BCUT2D eigenvalue weighted by Gasteiger charge is 2.25. The second-order valence-electron chi connectivity index (χ2n) is 19.9. The number of ether oxygens (including phenoxy) is 2. The molecule has 0 saturated heterocycles. The summed E-state index contributed by atoms with van der Waals surface area (Å²) in [5, 5.41) is 0. The van der Waals surface area contributed by atoms with Gasteiger partial charge in [0, 0.05) is 19.6 Å². The van der Waals surface area contributed by atoms with Crippen LogP contribution in [0.4, 0.5) is 0 Å². The number of phosphoric acid groups is 1. The smallest absolute Gasteiger partial charge is 0.457 e. The van der Waals surface area contributed by atoms with Crippen LogP contribution >= 0.6 is 7.82 Å². The number of carbonyl (C=O) groups excluding carboxylic acids is 1. The highest BCUT2D eigenvalue weighted by atomic mass is 31.2. The van der Waals surface area contributed by atoms with E-state index in [4.69, 9.17) is 24.3 Å². The molecule has 0 aromatic rings. The highest BCUT2D eigenvalue weighted by Crippen LogP contribution is 2.43. The average molecular weight is 1000 g/mol. The second-order valence-corrected chi connectivity index (χ2v) is 21.3. The summed E-state index contributed by atoms with van der Waals surface area (Å²) in [5.74, 6) is -0.329. The zero-order chi connectivity index (χ0) is 50.8. The normalized spacial score (nSPS) is 13.6. The fraction of sp³-hybridized carbons (Fsp3) is 0.820. The van der Waals surface area contributed by atoms with Gasteiger partial charge in [0.1, 0.15) is 6.10 Å². The topological polar surface area (TPSA) is 117 Å². The van der Waals surface area contributed by atoms with Crippen LogP contribution in [0.15, 0.2) is 60.8 Å². The Bertz CT molecular complexity index is 1270. The lowest BCUT2D eigenvalue weighted by Crippen LogP contribution is -2.28. The Morgan fingerprint density at radius 2 is 0.757 bits per heavy atom. The Hall–Kier alpha value is -1.80. The molecule has 0 spiro atoms. The highest BCUT2D eigenvalue weighted by molar-refractivity contribution is 7.47. The minimum absolute atomic E-state index is 0.0971. The van der Waals surface area contributed by atoms with E-state index in [2.05, 4.69) is 74.6 Å². The number of phosphoric ester groups is 1. The fourth-order valence-electron chi connectivity index (χ4n) is 8.51. The van der Waals surface area contributed by atoms with Crippen molar-refractivity contribution in [2.75, 3.05) is 33.0 Å². The van der Waals surface area contributed by atoms with Gasteiger partial charge in [-0.1, -0.05) is 254 Å². The van der Waals surface area contributed by atoms with Gasteiger partial charge in [-0.25, -0.2) is 4.57 Å². The quantitative estimate of drug-likeness (QED) is 0.0268. The van der Waals surface area contributed by atoms with E-state index < -0.39 is 13.9 Å². The molecule has 0 heterocycles. The molecule has 8 nitrogen and oxygen atoms in total. The molecule has 70 heavy (non-hydrogen) atoms. The van der Waals surface area contributed by atoms with Gasteiger partial charge in [0.25, 0.3) is 0 Å². The zero-order valence-corrected chi connectivity index (χ0v) is 46.9. The van der Waals surface area contributed by atoms with Gasteiger partial charge in [-0.05, 0) is 83.5 Å². The van der Waals surface area contributed by atoms with E-state index in [0.29, 0.717) is 13.0 Å². The molecule has 0 aliphatic rings. The van der Waals surface area contributed by atoms with Crippen molar-refractivity contribution < 1.29 is 32.8 Å². The number of unbranched alkanes of at least 4 members (excludes halogenated alkanes) is 34. The van der Waals surface area contributed by atoms with Crippen molar-refractivity contribution >= 4 is 13.8 Å². The molecule has 410 valence electrons. The molecular formula is C61H114NO7P. The maximum Gasteiger partial charge on any atom is 0.472 e. The van der Waals surface area contributed by atoms with Gasteiger partial charge >= 0.3 is 13.8 Å². The van der Waals surface area contributed by atoms with E-state index in [9.17, 15) is 14.3 Å². The van der Waals surface area contributed by atoms with Gasteiger partial charge in [0.05, 0.1) is 19.8 Å². The van der Waals surface area contributed by atoms with Crippen molar-refractivity contribution in [2.24, 2.45) is 5.73 Å². The number of rotatable bonds is 57. The molecule has 0 rings (SSSR count). The third kappa shape index (κ3) is 57.1. The zero-order valence-electron chi connectivity index (χ0n) is 46.0. The van der Waals surface area contributed by atoms with Crippen LogP contribution in [0.1, 0.15) is 284 Å². The Labute approximate surface area is 433 Å². The van der Waals surface area contributed by atoms with Crippen LogP contribution in [-0.2, 0) is 27.9 Å². The van der Waals surface area contributed by atoms with E-state index in [1.165, 1.54) is 212 Å². The van der Waals surface area contributed by atoms with Crippen molar-refractivity contribution in [3.63, 3.8) is 0 Å². The number of esters is 1. The predicted molar refractivity (Wildman–Crippen MR) is 302 cm³/mol. The van der Waals surface area contributed by atoms with Gasteiger partial charge in [-0.3, -0.25) is 13.8 Å². The molecule has 2 atom stereocenters. The molecule has 0 aliphatic carbocycles. The Balaban J connectivity index is 3.88. The average Bonchev–Trinajstić information content (AvgIpc) is 3.35. The van der Waals surface area contributed by atoms with E-state index >= 15 is 0 Å². The predicted octanol–water partition coefficient (Wildman–Crippen LogP) is 19.2. The lowest BCUT2D eigenvalue weighted by atomic mass is 10.0. The van der Waals surface area contributed by atoms with Crippen LogP contribution in [0, 0.1) is 0 Å². The SMILES string of the molecule is CCCCCCC/C=C\C/C=C\C/C=C\CCCCCCCCCCCCCOCC(COP(=O)(O)OCCN)OC(=O)CCCCCCCCCCCCCCC/C=C\C/C=C\CCCCCCC. The Morgan fingerprint density at radius 1 is 0.429 bits per heavy atom. The number of hydrogen-bond donors (Lipinski definition) is 2. The van der Waals surface area contributed by atoms with Crippen LogP contribution < -0.4 is 5.73 Å². The van der Waals surface area contributed by atoms with Crippen LogP contribution in [0.3, 0.4) is 0 Å². The van der Waals surface area contributed by atoms with Crippen LogP contribution in [-0.4, -0.2) is 49.9 Å². The molecule has 0 amide bonds. The molecule has 0 bridgehead atoms. The van der Waals surface area contributed by atoms with Crippen molar-refractivity contribution in [1.82, 2.24) is 0 Å². The first kappa shape index (κ1) is 68.2. The second kappa shape index (κ2) is 58.1. The summed E-state index contributed by atoms with van der Waals surface area (Å²) in [5.41, 5.74) is 5.41. The van der Waals surface area contributed by atoms with Crippen molar-refractivity contribution in [2.45, 2.75) is 290 Å².